The molecule has 1 amide bonds. The second-order valence-electron chi connectivity index (χ2n) is 4.73. The summed E-state index contributed by atoms with van der Waals surface area (Å²) < 4.78 is 4.80. The van der Waals surface area contributed by atoms with E-state index in [0.29, 0.717) is 25.6 Å². The fourth-order valence-corrected chi connectivity index (χ4v) is 2.49. The summed E-state index contributed by atoms with van der Waals surface area (Å²) in [7, 11) is 0. The quantitative estimate of drug-likeness (QED) is 0.689. The number of esters is 1. The molecule has 1 saturated carbocycles. The standard InChI is InChI=1S/C13H24N2O3/c1-2-18-12(16)7-8-15-13(17)11-6-4-3-5-10(11)9-14/h10-11H,2-9,14H2,1H3,(H,15,17). The van der Waals surface area contributed by atoms with Crippen molar-refractivity contribution in [3.8, 4) is 0 Å². The van der Waals surface area contributed by atoms with Crippen molar-refractivity contribution >= 4 is 11.9 Å². The molecule has 0 aromatic heterocycles. The predicted octanol–water partition coefficient (Wildman–Crippen LogP) is 0.821. The van der Waals surface area contributed by atoms with Gasteiger partial charge in [-0.3, -0.25) is 9.59 Å². The molecule has 0 saturated heterocycles. The first kappa shape index (κ1) is 15.0. The highest BCUT2D eigenvalue weighted by Crippen LogP contribution is 2.29. The summed E-state index contributed by atoms with van der Waals surface area (Å²) in [6.45, 7) is 3.07. The highest BCUT2D eigenvalue weighted by atomic mass is 16.5. The maximum Gasteiger partial charge on any atom is 0.307 e. The molecular weight excluding hydrogens is 232 g/mol. The van der Waals surface area contributed by atoms with E-state index in [1.165, 1.54) is 0 Å². The maximum absolute atomic E-state index is 12.0. The van der Waals surface area contributed by atoms with Gasteiger partial charge in [-0.15, -0.1) is 0 Å². The summed E-state index contributed by atoms with van der Waals surface area (Å²) in [5.74, 6) is 0.0820. The second kappa shape index (κ2) is 8.08. The Morgan fingerprint density at radius 1 is 1.33 bits per heavy atom. The van der Waals surface area contributed by atoms with Gasteiger partial charge in [0.05, 0.1) is 13.0 Å². The van der Waals surface area contributed by atoms with Crippen LogP contribution in [0.25, 0.3) is 0 Å². The summed E-state index contributed by atoms with van der Waals surface area (Å²) in [6, 6.07) is 0. The molecule has 0 spiro atoms. The predicted molar refractivity (Wildman–Crippen MR) is 68.8 cm³/mol. The lowest BCUT2D eigenvalue weighted by Gasteiger charge is -2.29. The molecule has 18 heavy (non-hydrogen) atoms. The van der Waals surface area contributed by atoms with Gasteiger partial charge in [-0.2, -0.15) is 0 Å². The van der Waals surface area contributed by atoms with E-state index in [1.807, 2.05) is 0 Å². The van der Waals surface area contributed by atoms with E-state index < -0.39 is 0 Å². The molecule has 1 rings (SSSR count). The van der Waals surface area contributed by atoms with Gasteiger partial charge in [-0.05, 0) is 32.2 Å². The lowest BCUT2D eigenvalue weighted by molar-refractivity contribution is -0.143. The minimum absolute atomic E-state index is 0.0194. The summed E-state index contributed by atoms with van der Waals surface area (Å²) in [5.41, 5.74) is 5.69. The number of nitrogens with one attached hydrogen (secondary N) is 1. The van der Waals surface area contributed by atoms with E-state index in [4.69, 9.17) is 10.5 Å². The molecule has 1 aliphatic carbocycles. The molecule has 0 aliphatic heterocycles. The van der Waals surface area contributed by atoms with Crippen molar-refractivity contribution in [2.24, 2.45) is 17.6 Å². The van der Waals surface area contributed by atoms with Crippen molar-refractivity contribution in [1.82, 2.24) is 5.32 Å². The second-order valence-corrected chi connectivity index (χ2v) is 4.73. The Balaban J connectivity index is 2.28. The lowest BCUT2D eigenvalue weighted by atomic mass is 9.79. The van der Waals surface area contributed by atoms with Crippen LogP contribution in [0.5, 0.6) is 0 Å². The van der Waals surface area contributed by atoms with Gasteiger partial charge in [0.2, 0.25) is 5.91 Å². The average Bonchev–Trinajstić information content (AvgIpc) is 2.38. The molecule has 0 bridgehead atoms. The smallest absolute Gasteiger partial charge is 0.307 e. The Morgan fingerprint density at radius 2 is 2.06 bits per heavy atom. The summed E-state index contributed by atoms with van der Waals surface area (Å²) in [4.78, 5) is 23.1. The Bertz CT molecular complexity index is 281. The first-order chi connectivity index (χ1) is 8.69. The van der Waals surface area contributed by atoms with Gasteiger partial charge in [0, 0.05) is 12.5 Å². The number of carbonyl (C=O) groups is 2. The minimum atomic E-state index is -0.267. The lowest BCUT2D eigenvalue weighted by Crippen LogP contribution is -2.40. The molecule has 2 unspecified atom stereocenters. The van der Waals surface area contributed by atoms with Crippen LogP contribution < -0.4 is 11.1 Å². The van der Waals surface area contributed by atoms with Gasteiger partial charge in [0.1, 0.15) is 0 Å². The number of carbonyl (C=O) groups excluding carboxylic acids is 2. The van der Waals surface area contributed by atoms with E-state index in [9.17, 15) is 9.59 Å². The van der Waals surface area contributed by atoms with Gasteiger partial charge >= 0.3 is 5.97 Å². The number of rotatable bonds is 6. The monoisotopic (exact) mass is 256 g/mol. The third kappa shape index (κ3) is 4.64. The van der Waals surface area contributed by atoms with Crippen molar-refractivity contribution in [1.29, 1.82) is 0 Å². The zero-order chi connectivity index (χ0) is 13.4. The van der Waals surface area contributed by atoms with Gasteiger partial charge in [0.25, 0.3) is 0 Å². The third-order valence-electron chi connectivity index (χ3n) is 3.48. The zero-order valence-corrected chi connectivity index (χ0v) is 11.1. The van der Waals surface area contributed by atoms with Crippen LogP contribution in [-0.2, 0) is 14.3 Å². The normalized spacial score (nSPS) is 23.4. The van der Waals surface area contributed by atoms with E-state index in [1.54, 1.807) is 6.92 Å². The van der Waals surface area contributed by atoms with Crippen LogP contribution in [0.2, 0.25) is 0 Å². The van der Waals surface area contributed by atoms with Crippen molar-refractivity contribution in [3.63, 3.8) is 0 Å². The Kier molecular flexibility index (Phi) is 6.72. The Morgan fingerprint density at radius 3 is 2.72 bits per heavy atom. The van der Waals surface area contributed by atoms with Crippen LogP contribution in [0.1, 0.15) is 39.0 Å². The third-order valence-corrected chi connectivity index (χ3v) is 3.48. The van der Waals surface area contributed by atoms with E-state index in [0.717, 1.165) is 25.7 Å². The molecule has 0 heterocycles. The highest BCUT2D eigenvalue weighted by molar-refractivity contribution is 5.79. The summed E-state index contributed by atoms with van der Waals surface area (Å²) >= 11 is 0. The highest BCUT2D eigenvalue weighted by Gasteiger charge is 2.29. The number of nitrogens with two attached hydrogens (primary N) is 1. The van der Waals surface area contributed by atoms with E-state index in [-0.39, 0.29) is 24.2 Å². The van der Waals surface area contributed by atoms with Gasteiger partial charge in [-0.1, -0.05) is 12.8 Å². The Hall–Kier alpha value is -1.10. The van der Waals surface area contributed by atoms with E-state index in [2.05, 4.69) is 5.32 Å². The summed E-state index contributed by atoms with van der Waals surface area (Å²) in [6.07, 6.45) is 4.43. The molecule has 1 fully saturated rings. The molecule has 0 radical (unpaired) electrons. The van der Waals surface area contributed by atoms with Crippen LogP contribution >= 0.6 is 0 Å². The van der Waals surface area contributed by atoms with Crippen molar-refractivity contribution in [2.75, 3.05) is 19.7 Å². The first-order valence-electron chi connectivity index (χ1n) is 6.82. The maximum atomic E-state index is 12.0. The molecular formula is C13H24N2O3. The zero-order valence-electron chi connectivity index (χ0n) is 11.1. The SMILES string of the molecule is CCOC(=O)CCNC(=O)C1CCCCC1CN. The fraction of sp³-hybridized carbons (Fsp3) is 0.846. The number of hydrogen-bond acceptors (Lipinski definition) is 4. The molecule has 0 aromatic rings. The molecule has 104 valence electrons. The van der Waals surface area contributed by atoms with E-state index >= 15 is 0 Å². The van der Waals surface area contributed by atoms with Crippen LogP contribution in [0, 0.1) is 11.8 Å². The molecule has 2 atom stereocenters. The van der Waals surface area contributed by atoms with Gasteiger partial charge in [-0.25, -0.2) is 0 Å². The number of hydrogen-bond donors (Lipinski definition) is 2. The Labute approximate surface area is 108 Å². The topological polar surface area (TPSA) is 81.4 Å². The van der Waals surface area contributed by atoms with Crippen LogP contribution in [0.15, 0.2) is 0 Å². The molecule has 5 heteroatoms. The van der Waals surface area contributed by atoms with Crippen LogP contribution in [0.4, 0.5) is 0 Å². The van der Waals surface area contributed by atoms with Crippen molar-refractivity contribution in [3.05, 3.63) is 0 Å². The van der Waals surface area contributed by atoms with Crippen molar-refractivity contribution < 1.29 is 14.3 Å². The molecule has 5 nitrogen and oxygen atoms in total. The molecule has 1 aliphatic rings. The fourth-order valence-electron chi connectivity index (χ4n) is 2.49. The van der Waals surface area contributed by atoms with Gasteiger partial charge in [0.15, 0.2) is 0 Å². The average molecular weight is 256 g/mol. The number of amides is 1. The van der Waals surface area contributed by atoms with Crippen LogP contribution in [-0.4, -0.2) is 31.6 Å². The minimum Gasteiger partial charge on any atom is -0.466 e. The number of ether oxygens (including phenoxy) is 1. The van der Waals surface area contributed by atoms with Gasteiger partial charge < -0.3 is 15.8 Å². The van der Waals surface area contributed by atoms with Crippen LogP contribution in [0.3, 0.4) is 0 Å². The largest absolute Gasteiger partial charge is 0.466 e. The molecule has 0 aromatic carbocycles. The molecule has 3 N–H and O–H groups in total. The van der Waals surface area contributed by atoms with Crippen molar-refractivity contribution in [2.45, 2.75) is 39.0 Å². The summed E-state index contributed by atoms with van der Waals surface area (Å²) in [5, 5.41) is 2.81. The first-order valence-corrected chi connectivity index (χ1v) is 6.82.